The van der Waals surface area contributed by atoms with Crippen LogP contribution in [0, 0.1) is 13.8 Å². The third-order valence-corrected chi connectivity index (χ3v) is 4.28. The van der Waals surface area contributed by atoms with Gasteiger partial charge in [0.05, 0.1) is 0 Å². The highest BCUT2D eigenvalue weighted by atomic mass is 35.5. The first kappa shape index (κ1) is 21.4. The second kappa shape index (κ2) is 10.5. The average Bonchev–Trinajstić information content (AvgIpc) is 2.63. The number of halogens is 1. The van der Waals surface area contributed by atoms with E-state index in [1.165, 1.54) is 0 Å². The Kier molecular flexibility index (Phi) is 8.02. The molecule has 148 valence electrons. The first-order chi connectivity index (χ1) is 13.3. The number of hydrogen-bond donors (Lipinski definition) is 2. The lowest BCUT2D eigenvalue weighted by Crippen LogP contribution is -2.21. The van der Waals surface area contributed by atoms with Crippen LogP contribution in [0.15, 0.2) is 42.5 Å². The number of benzene rings is 2. The van der Waals surface area contributed by atoms with Gasteiger partial charge in [0.2, 0.25) is 5.91 Å². The van der Waals surface area contributed by atoms with Gasteiger partial charge < -0.3 is 15.4 Å². The first-order valence-electron chi connectivity index (χ1n) is 8.91. The van der Waals surface area contributed by atoms with Crippen LogP contribution < -0.4 is 10.6 Å². The van der Waals surface area contributed by atoms with Crippen LogP contribution in [0.3, 0.4) is 0 Å². The summed E-state index contributed by atoms with van der Waals surface area (Å²) in [6.07, 6.45) is 0.542. The topological polar surface area (TPSA) is 84.5 Å². The molecule has 0 heterocycles. The highest BCUT2D eigenvalue weighted by molar-refractivity contribution is 6.30. The predicted octanol–water partition coefficient (Wildman–Crippen LogP) is 4.25. The van der Waals surface area contributed by atoms with Gasteiger partial charge in [0.1, 0.15) is 0 Å². The lowest BCUT2D eigenvalue weighted by atomic mass is 10.1. The summed E-state index contributed by atoms with van der Waals surface area (Å²) in [5.74, 6) is -1.15. The van der Waals surface area contributed by atoms with E-state index in [0.29, 0.717) is 22.8 Å². The molecule has 2 aromatic carbocycles. The van der Waals surface area contributed by atoms with Crippen molar-refractivity contribution in [2.75, 3.05) is 17.2 Å². The van der Waals surface area contributed by atoms with Gasteiger partial charge in [-0.2, -0.15) is 0 Å². The minimum Gasteiger partial charge on any atom is -0.456 e. The molecule has 2 rings (SSSR count). The van der Waals surface area contributed by atoms with E-state index in [1.807, 2.05) is 26.0 Å². The van der Waals surface area contributed by atoms with E-state index in [9.17, 15) is 14.4 Å². The molecule has 0 radical (unpaired) electrons. The van der Waals surface area contributed by atoms with Gasteiger partial charge >= 0.3 is 5.97 Å². The zero-order valence-corrected chi connectivity index (χ0v) is 16.6. The Morgan fingerprint density at radius 2 is 1.61 bits per heavy atom. The molecular weight excluding hydrogens is 380 g/mol. The SMILES string of the molecule is Cc1ccc(NC(=O)COC(=O)CCCC(=O)Nc2cccc(Cl)c2)cc1C. The first-order valence-corrected chi connectivity index (χ1v) is 9.29. The Hall–Kier alpha value is -2.86. The van der Waals surface area contributed by atoms with E-state index in [4.69, 9.17) is 16.3 Å². The standard InChI is InChI=1S/C21H23ClN2O4/c1-14-9-10-18(11-15(14)2)24-20(26)13-28-21(27)8-4-7-19(25)23-17-6-3-5-16(22)12-17/h3,5-6,9-12H,4,7-8,13H2,1-2H3,(H,23,25)(H,24,26). The molecule has 6 nitrogen and oxygen atoms in total. The summed E-state index contributed by atoms with van der Waals surface area (Å²) in [7, 11) is 0. The Balaban J connectivity index is 1.64. The van der Waals surface area contributed by atoms with Crippen molar-refractivity contribution in [3.05, 3.63) is 58.6 Å². The number of anilines is 2. The van der Waals surface area contributed by atoms with Crippen LogP contribution in [0.1, 0.15) is 30.4 Å². The van der Waals surface area contributed by atoms with Crippen molar-refractivity contribution in [1.29, 1.82) is 0 Å². The normalized spacial score (nSPS) is 10.2. The van der Waals surface area contributed by atoms with Gasteiger partial charge in [-0.15, -0.1) is 0 Å². The summed E-state index contributed by atoms with van der Waals surface area (Å²) in [5, 5.41) is 5.91. The number of esters is 1. The zero-order valence-electron chi connectivity index (χ0n) is 15.9. The fraction of sp³-hybridized carbons (Fsp3) is 0.286. The molecule has 2 amide bonds. The van der Waals surface area contributed by atoms with Crippen molar-refractivity contribution >= 4 is 40.8 Å². The fourth-order valence-electron chi connectivity index (χ4n) is 2.42. The zero-order chi connectivity index (χ0) is 20.5. The number of rotatable bonds is 8. The van der Waals surface area contributed by atoms with E-state index in [0.717, 1.165) is 11.1 Å². The van der Waals surface area contributed by atoms with Crippen LogP contribution in [-0.4, -0.2) is 24.4 Å². The second-order valence-corrected chi connectivity index (χ2v) is 6.86. The molecule has 0 aromatic heterocycles. The van der Waals surface area contributed by atoms with Crippen molar-refractivity contribution in [3.8, 4) is 0 Å². The van der Waals surface area contributed by atoms with E-state index < -0.39 is 11.9 Å². The van der Waals surface area contributed by atoms with Crippen molar-refractivity contribution < 1.29 is 19.1 Å². The van der Waals surface area contributed by atoms with Crippen molar-refractivity contribution in [3.63, 3.8) is 0 Å². The Bertz CT molecular complexity index is 867. The quantitative estimate of drug-likeness (QED) is 0.646. The average molecular weight is 403 g/mol. The van der Waals surface area contributed by atoms with E-state index in [-0.39, 0.29) is 25.4 Å². The van der Waals surface area contributed by atoms with E-state index in [2.05, 4.69) is 10.6 Å². The highest BCUT2D eigenvalue weighted by Crippen LogP contribution is 2.16. The second-order valence-electron chi connectivity index (χ2n) is 6.42. The molecule has 0 saturated heterocycles. The molecule has 2 aromatic rings. The molecule has 0 unspecified atom stereocenters. The van der Waals surface area contributed by atoms with E-state index in [1.54, 1.807) is 30.3 Å². The number of ether oxygens (including phenoxy) is 1. The molecule has 0 aliphatic heterocycles. The number of nitrogens with one attached hydrogen (secondary N) is 2. The van der Waals surface area contributed by atoms with Gasteiger partial charge in [0, 0.05) is 29.2 Å². The lowest BCUT2D eigenvalue weighted by Gasteiger charge is -2.08. The molecule has 7 heteroatoms. The fourth-order valence-corrected chi connectivity index (χ4v) is 2.61. The molecule has 2 N–H and O–H groups in total. The molecule has 0 fully saturated rings. The predicted molar refractivity (Wildman–Crippen MR) is 109 cm³/mol. The number of carbonyl (C=O) groups excluding carboxylic acids is 3. The maximum atomic E-state index is 11.9. The third-order valence-electron chi connectivity index (χ3n) is 4.05. The summed E-state index contributed by atoms with van der Waals surface area (Å²) in [6, 6.07) is 12.4. The lowest BCUT2D eigenvalue weighted by molar-refractivity contribution is -0.147. The summed E-state index contributed by atoms with van der Waals surface area (Å²) in [6.45, 7) is 3.58. The van der Waals surface area contributed by atoms with Crippen molar-refractivity contribution in [1.82, 2.24) is 0 Å². The van der Waals surface area contributed by atoms with Gasteiger partial charge in [0.15, 0.2) is 6.61 Å². The number of hydrogen-bond acceptors (Lipinski definition) is 4. The van der Waals surface area contributed by atoms with Crippen molar-refractivity contribution in [2.45, 2.75) is 33.1 Å². The number of amides is 2. The smallest absolute Gasteiger partial charge is 0.306 e. The highest BCUT2D eigenvalue weighted by Gasteiger charge is 2.10. The van der Waals surface area contributed by atoms with Crippen LogP contribution in [0.4, 0.5) is 11.4 Å². The molecule has 0 aliphatic carbocycles. The van der Waals surface area contributed by atoms with Gasteiger partial charge in [-0.05, 0) is 61.7 Å². The summed E-state index contributed by atoms with van der Waals surface area (Å²) in [4.78, 5) is 35.4. The molecule has 0 atom stereocenters. The molecule has 0 aliphatic rings. The molecular formula is C21H23ClN2O4. The molecule has 28 heavy (non-hydrogen) atoms. The number of aryl methyl sites for hydroxylation is 2. The van der Waals surface area contributed by atoms with Crippen molar-refractivity contribution in [2.24, 2.45) is 0 Å². The minimum absolute atomic E-state index is 0.0554. The maximum absolute atomic E-state index is 11.9. The summed E-state index contributed by atoms with van der Waals surface area (Å²) < 4.78 is 4.95. The molecule has 0 saturated carbocycles. The van der Waals surface area contributed by atoms with Crippen LogP contribution in [0.25, 0.3) is 0 Å². The van der Waals surface area contributed by atoms with Crippen LogP contribution in [-0.2, 0) is 19.1 Å². The third kappa shape index (κ3) is 7.40. The van der Waals surface area contributed by atoms with Gasteiger partial charge in [-0.25, -0.2) is 0 Å². The Morgan fingerprint density at radius 1 is 0.893 bits per heavy atom. The van der Waals surface area contributed by atoms with Crippen LogP contribution in [0.5, 0.6) is 0 Å². The summed E-state index contributed by atoms with van der Waals surface area (Å²) >= 11 is 5.85. The van der Waals surface area contributed by atoms with Gasteiger partial charge in [-0.1, -0.05) is 23.7 Å². The Labute approximate surface area is 169 Å². The van der Waals surface area contributed by atoms with Crippen LogP contribution >= 0.6 is 11.6 Å². The molecule has 0 bridgehead atoms. The molecule has 0 spiro atoms. The van der Waals surface area contributed by atoms with Gasteiger partial charge in [-0.3, -0.25) is 14.4 Å². The minimum atomic E-state index is -0.522. The monoisotopic (exact) mass is 402 g/mol. The van der Waals surface area contributed by atoms with Crippen LogP contribution in [0.2, 0.25) is 5.02 Å². The van der Waals surface area contributed by atoms with Gasteiger partial charge in [0.25, 0.3) is 5.91 Å². The maximum Gasteiger partial charge on any atom is 0.306 e. The Morgan fingerprint density at radius 3 is 2.32 bits per heavy atom. The summed E-state index contributed by atoms with van der Waals surface area (Å²) in [5.41, 5.74) is 3.44. The number of carbonyl (C=O) groups is 3. The largest absolute Gasteiger partial charge is 0.456 e. The van der Waals surface area contributed by atoms with E-state index >= 15 is 0 Å².